The number of amides is 1. The molecule has 1 heterocycles. The zero-order chi connectivity index (χ0) is 12.1. The quantitative estimate of drug-likeness (QED) is 0.748. The van der Waals surface area contributed by atoms with Crippen LogP contribution in [-0.4, -0.2) is 40.5 Å². The Morgan fingerprint density at radius 3 is 2.62 bits per heavy atom. The number of carbonyl (C=O) groups is 2. The molecule has 0 aliphatic carbocycles. The van der Waals surface area contributed by atoms with Gasteiger partial charge in [-0.1, -0.05) is 0 Å². The summed E-state index contributed by atoms with van der Waals surface area (Å²) in [5, 5.41) is 8.47. The van der Waals surface area contributed by atoms with Crippen molar-refractivity contribution in [3.05, 3.63) is 34.2 Å². The first-order valence-electron chi connectivity index (χ1n) is 4.66. The van der Waals surface area contributed by atoms with Gasteiger partial charge in [-0.3, -0.25) is 14.4 Å². The fourth-order valence-corrected chi connectivity index (χ4v) is 1.13. The molecule has 1 aromatic heterocycles. The van der Waals surface area contributed by atoms with Crippen molar-refractivity contribution in [3.63, 3.8) is 0 Å². The Morgan fingerprint density at radius 2 is 2.12 bits per heavy atom. The molecule has 6 nitrogen and oxygen atoms in total. The predicted octanol–water partition coefficient (Wildman–Crippen LogP) is -0.0784. The normalized spacial score (nSPS) is 9.81. The van der Waals surface area contributed by atoms with E-state index in [-0.39, 0.29) is 24.4 Å². The van der Waals surface area contributed by atoms with Crippen LogP contribution in [0.3, 0.4) is 0 Å². The van der Waals surface area contributed by atoms with E-state index < -0.39 is 5.97 Å². The van der Waals surface area contributed by atoms with Gasteiger partial charge in [0.2, 0.25) is 5.56 Å². The van der Waals surface area contributed by atoms with Crippen molar-refractivity contribution >= 4 is 11.9 Å². The maximum absolute atomic E-state index is 11.7. The van der Waals surface area contributed by atoms with Crippen LogP contribution in [0.4, 0.5) is 0 Å². The number of H-pyrrole nitrogens is 1. The maximum Gasteiger partial charge on any atom is 0.305 e. The highest BCUT2D eigenvalue weighted by atomic mass is 16.4. The third-order valence-electron chi connectivity index (χ3n) is 2.04. The van der Waals surface area contributed by atoms with Crippen molar-refractivity contribution in [3.8, 4) is 0 Å². The lowest BCUT2D eigenvalue weighted by molar-refractivity contribution is -0.137. The Labute approximate surface area is 91.5 Å². The van der Waals surface area contributed by atoms with Gasteiger partial charge in [-0.15, -0.1) is 0 Å². The molecule has 0 bridgehead atoms. The van der Waals surface area contributed by atoms with Gasteiger partial charge in [0, 0.05) is 25.9 Å². The fourth-order valence-electron chi connectivity index (χ4n) is 1.13. The van der Waals surface area contributed by atoms with E-state index in [1.165, 1.54) is 30.3 Å². The molecule has 6 heteroatoms. The van der Waals surface area contributed by atoms with E-state index >= 15 is 0 Å². The van der Waals surface area contributed by atoms with Crippen molar-refractivity contribution < 1.29 is 14.7 Å². The molecule has 86 valence electrons. The van der Waals surface area contributed by atoms with Crippen LogP contribution in [0.25, 0.3) is 0 Å². The summed E-state index contributed by atoms with van der Waals surface area (Å²) in [5.74, 6) is -1.28. The lowest BCUT2D eigenvalue weighted by Gasteiger charge is -2.15. The van der Waals surface area contributed by atoms with Crippen LogP contribution in [0.1, 0.15) is 16.8 Å². The molecule has 1 amide bonds. The van der Waals surface area contributed by atoms with Gasteiger partial charge in [0.05, 0.1) is 12.0 Å². The predicted molar refractivity (Wildman–Crippen MR) is 56.3 cm³/mol. The van der Waals surface area contributed by atoms with Crippen LogP contribution in [0.15, 0.2) is 23.1 Å². The van der Waals surface area contributed by atoms with Crippen molar-refractivity contribution in [1.82, 2.24) is 9.88 Å². The Kier molecular flexibility index (Phi) is 3.82. The van der Waals surface area contributed by atoms with Gasteiger partial charge < -0.3 is 15.0 Å². The highest BCUT2D eigenvalue weighted by molar-refractivity contribution is 5.93. The minimum absolute atomic E-state index is 0.106. The number of pyridine rings is 1. The Balaban J connectivity index is 2.66. The van der Waals surface area contributed by atoms with Gasteiger partial charge in [0.25, 0.3) is 5.91 Å². The van der Waals surface area contributed by atoms with E-state index in [4.69, 9.17) is 5.11 Å². The lowest BCUT2D eigenvalue weighted by atomic mass is 10.2. The molecule has 1 rings (SSSR count). The van der Waals surface area contributed by atoms with Gasteiger partial charge in [-0.05, 0) is 6.07 Å². The van der Waals surface area contributed by atoms with E-state index in [1.54, 1.807) is 0 Å². The van der Waals surface area contributed by atoms with Crippen molar-refractivity contribution in [1.29, 1.82) is 0 Å². The van der Waals surface area contributed by atoms with Gasteiger partial charge in [-0.2, -0.15) is 0 Å². The average molecular weight is 224 g/mol. The zero-order valence-corrected chi connectivity index (χ0v) is 8.77. The SMILES string of the molecule is CN(CCC(=O)O)C(=O)c1ccc(=O)[nH]c1. The molecule has 0 saturated carbocycles. The first-order valence-corrected chi connectivity index (χ1v) is 4.66. The number of nitrogens with zero attached hydrogens (tertiary/aromatic N) is 1. The number of carboxylic acid groups (broad SMARTS) is 1. The fraction of sp³-hybridized carbons (Fsp3) is 0.300. The van der Waals surface area contributed by atoms with Crippen LogP contribution in [0.5, 0.6) is 0 Å². The van der Waals surface area contributed by atoms with Crippen LogP contribution in [0, 0.1) is 0 Å². The van der Waals surface area contributed by atoms with E-state index in [9.17, 15) is 14.4 Å². The summed E-state index contributed by atoms with van der Waals surface area (Å²) < 4.78 is 0. The van der Waals surface area contributed by atoms with Crippen LogP contribution < -0.4 is 5.56 Å². The molecular weight excluding hydrogens is 212 g/mol. The van der Waals surface area contributed by atoms with Gasteiger partial charge in [0.15, 0.2) is 0 Å². The standard InChI is InChI=1S/C10H12N2O4/c1-12(5-4-9(14)15)10(16)7-2-3-8(13)11-6-7/h2-3,6H,4-5H2,1H3,(H,11,13)(H,14,15). The van der Waals surface area contributed by atoms with Crippen LogP contribution >= 0.6 is 0 Å². The highest BCUT2D eigenvalue weighted by Gasteiger charge is 2.12. The number of carboxylic acids is 1. The number of aromatic amines is 1. The van der Waals surface area contributed by atoms with Crippen molar-refractivity contribution in [2.75, 3.05) is 13.6 Å². The van der Waals surface area contributed by atoms with Crippen molar-refractivity contribution in [2.24, 2.45) is 0 Å². The largest absolute Gasteiger partial charge is 0.481 e. The highest BCUT2D eigenvalue weighted by Crippen LogP contribution is 2.00. The summed E-state index contributed by atoms with van der Waals surface area (Å²) in [6.07, 6.45) is 1.20. The van der Waals surface area contributed by atoms with Gasteiger partial charge in [0.1, 0.15) is 0 Å². The molecule has 0 fully saturated rings. The number of carbonyl (C=O) groups excluding carboxylic acids is 1. The molecule has 0 spiro atoms. The monoisotopic (exact) mass is 224 g/mol. The average Bonchev–Trinajstić information content (AvgIpc) is 2.26. The van der Waals surface area contributed by atoms with Gasteiger partial charge in [-0.25, -0.2) is 0 Å². The number of nitrogens with one attached hydrogen (secondary N) is 1. The number of aromatic nitrogens is 1. The first-order chi connectivity index (χ1) is 7.50. The molecular formula is C10H12N2O4. The minimum Gasteiger partial charge on any atom is -0.481 e. The summed E-state index contributed by atoms with van der Waals surface area (Å²) >= 11 is 0. The second-order valence-electron chi connectivity index (χ2n) is 3.31. The second kappa shape index (κ2) is 5.11. The van der Waals surface area contributed by atoms with Crippen LogP contribution in [-0.2, 0) is 4.79 Å². The number of rotatable bonds is 4. The topological polar surface area (TPSA) is 90.5 Å². The summed E-state index contributed by atoms with van der Waals surface area (Å²) in [4.78, 5) is 36.4. The number of hydrogen-bond donors (Lipinski definition) is 2. The molecule has 16 heavy (non-hydrogen) atoms. The Bertz CT molecular complexity index is 432. The number of hydrogen-bond acceptors (Lipinski definition) is 3. The molecule has 0 unspecified atom stereocenters. The summed E-state index contributed by atoms with van der Waals surface area (Å²) in [6, 6.07) is 2.65. The van der Waals surface area contributed by atoms with Crippen LogP contribution in [0.2, 0.25) is 0 Å². The van der Waals surface area contributed by atoms with E-state index in [1.807, 2.05) is 0 Å². The smallest absolute Gasteiger partial charge is 0.305 e. The zero-order valence-electron chi connectivity index (χ0n) is 8.77. The molecule has 0 aromatic carbocycles. The maximum atomic E-state index is 11.7. The molecule has 0 radical (unpaired) electrons. The minimum atomic E-state index is -0.957. The molecule has 1 aromatic rings. The Morgan fingerprint density at radius 1 is 1.44 bits per heavy atom. The van der Waals surface area contributed by atoms with Gasteiger partial charge >= 0.3 is 5.97 Å². The first kappa shape index (κ1) is 12.0. The third kappa shape index (κ3) is 3.23. The summed E-state index contributed by atoms with van der Waals surface area (Å²) in [6.45, 7) is 0.132. The second-order valence-corrected chi connectivity index (χ2v) is 3.31. The summed E-state index contributed by atoms with van der Waals surface area (Å²) in [7, 11) is 1.51. The van der Waals surface area contributed by atoms with E-state index in [0.29, 0.717) is 5.56 Å². The number of aliphatic carboxylic acids is 1. The molecule has 2 N–H and O–H groups in total. The molecule has 0 aliphatic rings. The van der Waals surface area contributed by atoms with Crippen molar-refractivity contribution in [2.45, 2.75) is 6.42 Å². The Hall–Kier alpha value is -2.11. The lowest BCUT2D eigenvalue weighted by Crippen LogP contribution is -2.29. The molecule has 0 aliphatic heterocycles. The molecule has 0 atom stereocenters. The molecule has 0 saturated heterocycles. The van der Waals surface area contributed by atoms with E-state index in [0.717, 1.165) is 0 Å². The third-order valence-corrected chi connectivity index (χ3v) is 2.04. The summed E-state index contributed by atoms with van der Waals surface area (Å²) in [5.41, 5.74) is 0.0391. The van der Waals surface area contributed by atoms with E-state index in [2.05, 4.69) is 4.98 Å².